The maximum absolute atomic E-state index is 12.7. The van der Waals surface area contributed by atoms with E-state index in [1.807, 2.05) is 24.3 Å². The molecule has 8 heteroatoms. The Morgan fingerprint density at radius 3 is 2.74 bits per heavy atom. The zero-order chi connectivity index (χ0) is 18.6. The molecule has 8 nitrogen and oxygen atoms in total. The molecule has 2 aliphatic rings. The van der Waals surface area contributed by atoms with Crippen molar-refractivity contribution in [3.63, 3.8) is 0 Å². The fraction of sp³-hybridized carbons (Fsp3) is 0.526. The van der Waals surface area contributed by atoms with Crippen molar-refractivity contribution in [2.24, 2.45) is 0 Å². The van der Waals surface area contributed by atoms with E-state index in [2.05, 4.69) is 15.5 Å². The molecular weight excluding hydrogens is 348 g/mol. The number of carbonyl (C=O) groups is 1. The molecule has 4 rings (SSSR count). The summed E-state index contributed by atoms with van der Waals surface area (Å²) in [5, 5.41) is 7.10. The van der Waals surface area contributed by atoms with Crippen LogP contribution in [0.4, 0.5) is 10.5 Å². The van der Waals surface area contributed by atoms with Crippen LogP contribution >= 0.6 is 0 Å². The Morgan fingerprint density at radius 2 is 2.00 bits per heavy atom. The summed E-state index contributed by atoms with van der Waals surface area (Å²) in [6, 6.07) is 6.93. The molecule has 2 saturated heterocycles. The minimum Gasteiger partial charge on any atom is -0.497 e. The van der Waals surface area contributed by atoms with Crippen LogP contribution in [0.2, 0.25) is 0 Å². The standard InChI is InChI=1S/C19H24N4O4/c1-25-15-6-4-14(5-7-15)20-19(24)23-10-2-3-16(23)18-21-17(22-27-18)13-8-11-26-12-9-13/h4-7,13,16H,2-3,8-12H2,1H3,(H,20,24). The van der Waals surface area contributed by atoms with Gasteiger partial charge in [-0.2, -0.15) is 4.98 Å². The Hall–Kier alpha value is -2.61. The Labute approximate surface area is 157 Å². The molecule has 1 unspecified atom stereocenters. The predicted molar refractivity (Wildman–Crippen MR) is 97.8 cm³/mol. The maximum atomic E-state index is 12.7. The van der Waals surface area contributed by atoms with E-state index in [9.17, 15) is 4.79 Å². The number of ether oxygens (including phenoxy) is 2. The van der Waals surface area contributed by atoms with Crippen LogP contribution < -0.4 is 10.1 Å². The van der Waals surface area contributed by atoms with Crippen LogP contribution in [0.5, 0.6) is 5.75 Å². The number of carbonyl (C=O) groups excluding carboxylic acids is 1. The van der Waals surface area contributed by atoms with Crippen molar-refractivity contribution in [1.29, 1.82) is 0 Å². The molecule has 2 amide bonds. The first kappa shape index (κ1) is 17.8. The van der Waals surface area contributed by atoms with E-state index in [1.54, 1.807) is 12.0 Å². The van der Waals surface area contributed by atoms with Gasteiger partial charge in [0, 0.05) is 31.4 Å². The monoisotopic (exact) mass is 372 g/mol. The van der Waals surface area contributed by atoms with Crippen molar-refractivity contribution in [2.75, 3.05) is 32.2 Å². The van der Waals surface area contributed by atoms with Crippen molar-refractivity contribution in [1.82, 2.24) is 15.0 Å². The lowest BCUT2D eigenvalue weighted by molar-refractivity contribution is 0.0830. The Kier molecular flexibility index (Phi) is 5.24. The smallest absolute Gasteiger partial charge is 0.322 e. The lowest BCUT2D eigenvalue weighted by Crippen LogP contribution is -2.34. The summed E-state index contributed by atoms with van der Waals surface area (Å²) in [7, 11) is 1.61. The van der Waals surface area contributed by atoms with Crippen LogP contribution in [0, 0.1) is 0 Å². The largest absolute Gasteiger partial charge is 0.497 e. The van der Waals surface area contributed by atoms with Gasteiger partial charge in [0.1, 0.15) is 11.8 Å². The summed E-state index contributed by atoms with van der Waals surface area (Å²) in [6.45, 7) is 2.13. The van der Waals surface area contributed by atoms with Crippen LogP contribution in [-0.2, 0) is 4.74 Å². The maximum Gasteiger partial charge on any atom is 0.322 e. The van der Waals surface area contributed by atoms with E-state index in [4.69, 9.17) is 14.0 Å². The minimum absolute atomic E-state index is 0.159. The Morgan fingerprint density at radius 1 is 1.22 bits per heavy atom. The molecule has 0 spiro atoms. The van der Waals surface area contributed by atoms with Gasteiger partial charge in [-0.1, -0.05) is 5.16 Å². The summed E-state index contributed by atoms with van der Waals surface area (Å²) >= 11 is 0. The second-order valence-corrected chi connectivity index (χ2v) is 6.89. The molecule has 2 aromatic rings. The Bertz CT molecular complexity index is 770. The highest BCUT2D eigenvalue weighted by Crippen LogP contribution is 2.33. The van der Waals surface area contributed by atoms with E-state index in [0.717, 1.165) is 56.2 Å². The van der Waals surface area contributed by atoms with Gasteiger partial charge in [0.2, 0.25) is 5.89 Å². The molecule has 0 saturated carbocycles. The molecule has 1 aromatic heterocycles. The molecule has 2 fully saturated rings. The predicted octanol–water partition coefficient (Wildman–Crippen LogP) is 3.34. The number of methoxy groups -OCH3 is 1. The number of anilines is 1. The van der Waals surface area contributed by atoms with Crippen LogP contribution in [0.25, 0.3) is 0 Å². The number of hydrogen-bond donors (Lipinski definition) is 1. The number of benzene rings is 1. The van der Waals surface area contributed by atoms with Crippen molar-refractivity contribution < 1.29 is 18.8 Å². The van der Waals surface area contributed by atoms with Crippen molar-refractivity contribution in [3.05, 3.63) is 36.0 Å². The fourth-order valence-corrected chi connectivity index (χ4v) is 3.64. The number of aromatic nitrogens is 2. The molecule has 0 bridgehead atoms. The highest BCUT2D eigenvalue weighted by atomic mass is 16.5. The highest BCUT2D eigenvalue weighted by molar-refractivity contribution is 5.89. The van der Waals surface area contributed by atoms with Gasteiger partial charge in [-0.15, -0.1) is 0 Å². The number of likely N-dealkylation sites (tertiary alicyclic amines) is 1. The molecular formula is C19H24N4O4. The topological polar surface area (TPSA) is 89.7 Å². The van der Waals surface area contributed by atoms with E-state index in [1.165, 1.54) is 0 Å². The minimum atomic E-state index is -0.177. The van der Waals surface area contributed by atoms with Crippen LogP contribution in [0.1, 0.15) is 49.4 Å². The zero-order valence-corrected chi connectivity index (χ0v) is 15.4. The molecule has 0 aliphatic carbocycles. The first-order chi connectivity index (χ1) is 13.2. The first-order valence-electron chi connectivity index (χ1n) is 9.37. The van der Waals surface area contributed by atoms with Gasteiger partial charge in [-0.3, -0.25) is 0 Å². The summed E-state index contributed by atoms with van der Waals surface area (Å²) < 4.78 is 16.1. The third kappa shape index (κ3) is 3.90. The van der Waals surface area contributed by atoms with Gasteiger partial charge >= 0.3 is 6.03 Å². The second kappa shape index (κ2) is 7.96. The van der Waals surface area contributed by atoms with E-state index >= 15 is 0 Å². The van der Waals surface area contributed by atoms with Gasteiger partial charge in [0.15, 0.2) is 5.82 Å². The quantitative estimate of drug-likeness (QED) is 0.885. The van der Waals surface area contributed by atoms with Crippen molar-refractivity contribution in [2.45, 2.75) is 37.6 Å². The molecule has 2 aliphatic heterocycles. The SMILES string of the molecule is COc1ccc(NC(=O)N2CCCC2c2nc(C3CCOCC3)no2)cc1. The zero-order valence-electron chi connectivity index (χ0n) is 15.4. The van der Waals surface area contributed by atoms with E-state index in [0.29, 0.717) is 12.4 Å². The van der Waals surface area contributed by atoms with Crippen molar-refractivity contribution in [3.8, 4) is 5.75 Å². The normalized spacial score (nSPS) is 20.6. The molecule has 144 valence electrons. The summed E-state index contributed by atoms with van der Waals surface area (Å²) in [5.74, 6) is 2.28. The number of hydrogen-bond acceptors (Lipinski definition) is 6. The van der Waals surface area contributed by atoms with Gasteiger partial charge in [0.05, 0.1) is 7.11 Å². The van der Waals surface area contributed by atoms with E-state index < -0.39 is 0 Å². The fourth-order valence-electron chi connectivity index (χ4n) is 3.64. The highest BCUT2D eigenvalue weighted by Gasteiger charge is 2.35. The van der Waals surface area contributed by atoms with Gasteiger partial charge in [-0.25, -0.2) is 4.79 Å². The molecule has 3 heterocycles. The third-order valence-electron chi connectivity index (χ3n) is 5.18. The molecule has 27 heavy (non-hydrogen) atoms. The Balaban J connectivity index is 1.43. The van der Waals surface area contributed by atoms with Crippen molar-refractivity contribution >= 4 is 11.7 Å². The number of urea groups is 1. The second-order valence-electron chi connectivity index (χ2n) is 6.89. The average molecular weight is 372 g/mol. The van der Waals surface area contributed by atoms with Crippen LogP contribution in [-0.4, -0.2) is 47.9 Å². The molecule has 1 aromatic carbocycles. The molecule has 1 N–H and O–H groups in total. The number of rotatable bonds is 4. The van der Waals surface area contributed by atoms with Gasteiger partial charge < -0.3 is 24.2 Å². The third-order valence-corrected chi connectivity index (χ3v) is 5.18. The summed E-state index contributed by atoms with van der Waals surface area (Å²) in [4.78, 5) is 19.1. The van der Waals surface area contributed by atoms with Gasteiger partial charge in [0.25, 0.3) is 0 Å². The number of nitrogens with zero attached hydrogens (tertiary/aromatic N) is 3. The number of nitrogens with one attached hydrogen (secondary N) is 1. The lowest BCUT2D eigenvalue weighted by atomic mass is 10.00. The molecule has 1 atom stereocenters. The summed E-state index contributed by atoms with van der Waals surface area (Å²) in [6.07, 6.45) is 3.55. The van der Waals surface area contributed by atoms with Crippen LogP contribution in [0.15, 0.2) is 28.8 Å². The average Bonchev–Trinajstić information content (AvgIpc) is 3.38. The van der Waals surface area contributed by atoms with E-state index in [-0.39, 0.29) is 18.0 Å². The van der Waals surface area contributed by atoms with Gasteiger partial charge in [-0.05, 0) is 49.9 Å². The summed E-state index contributed by atoms with van der Waals surface area (Å²) in [5.41, 5.74) is 0.722. The number of amides is 2. The first-order valence-corrected chi connectivity index (χ1v) is 9.37. The lowest BCUT2D eigenvalue weighted by Gasteiger charge is -2.22. The molecule has 0 radical (unpaired) electrons. The van der Waals surface area contributed by atoms with Crippen LogP contribution in [0.3, 0.4) is 0 Å².